The van der Waals surface area contributed by atoms with Crippen LogP contribution in [0.5, 0.6) is 0 Å². The lowest BCUT2D eigenvalue weighted by atomic mass is 10.1. The molecule has 1 aromatic rings. The van der Waals surface area contributed by atoms with Crippen LogP contribution in [0.15, 0.2) is 24.3 Å². The molecule has 0 saturated carbocycles. The highest BCUT2D eigenvalue weighted by Gasteiger charge is 2.16. The number of hydrogen-bond acceptors (Lipinski definition) is 4. The predicted molar refractivity (Wildman–Crippen MR) is 74.5 cm³/mol. The molecule has 1 aromatic carbocycles. The van der Waals surface area contributed by atoms with Gasteiger partial charge in [-0.1, -0.05) is 12.1 Å². The molecule has 0 aliphatic rings. The minimum absolute atomic E-state index is 0.185. The maximum atomic E-state index is 12.0. The van der Waals surface area contributed by atoms with Gasteiger partial charge in [-0.15, -0.1) is 0 Å². The molecule has 2 amide bonds. The Hall–Kier alpha value is -2.37. The van der Waals surface area contributed by atoms with E-state index in [0.29, 0.717) is 11.3 Å². The maximum Gasteiger partial charge on any atom is 0.325 e. The van der Waals surface area contributed by atoms with Crippen molar-refractivity contribution in [3.05, 3.63) is 29.8 Å². The van der Waals surface area contributed by atoms with Crippen molar-refractivity contribution in [1.29, 1.82) is 0 Å². The molecule has 0 atom stereocenters. The van der Waals surface area contributed by atoms with Gasteiger partial charge in [0, 0.05) is 14.0 Å². The van der Waals surface area contributed by atoms with Crippen LogP contribution < -0.4 is 10.2 Å². The van der Waals surface area contributed by atoms with Crippen molar-refractivity contribution in [1.82, 2.24) is 5.32 Å². The molecular weight excluding hydrogens is 260 g/mol. The van der Waals surface area contributed by atoms with E-state index >= 15 is 0 Å². The lowest BCUT2D eigenvalue weighted by Crippen LogP contribution is -2.32. The molecule has 0 aromatic heterocycles. The number of carbonyl (C=O) groups excluding carboxylic acids is 3. The van der Waals surface area contributed by atoms with E-state index in [9.17, 15) is 14.4 Å². The van der Waals surface area contributed by atoms with Crippen molar-refractivity contribution in [3.8, 4) is 0 Å². The van der Waals surface area contributed by atoms with Crippen LogP contribution in [0.25, 0.3) is 0 Å². The van der Waals surface area contributed by atoms with Crippen LogP contribution in [-0.4, -0.2) is 38.0 Å². The fraction of sp³-hybridized carbons (Fsp3) is 0.357. The van der Waals surface area contributed by atoms with Gasteiger partial charge in [0.25, 0.3) is 5.91 Å². The second-order valence-corrected chi connectivity index (χ2v) is 4.08. The summed E-state index contributed by atoms with van der Waals surface area (Å²) in [5.41, 5.74) is 0.816. The third-order valence-electron chi connectivity index (χ3n) is 2.68. The number of hydrogen-bond donors (Lipinski definition) is 1. The summed E-state index contributed by atoms with van der Waals surface area (Å²) < 4.78 is 4.73. The molecule has 0 heterocycles. The van der Waals surface area contributed by atoms with Gasteiger partial charge >= 0.3 is 5.97 Å². The number of amides is 2. The van der Waals surface area contributed by atoms with Crippen LogP contribution in [0.4, 0.5) is 5.69 Å². The van der Waals surface area contributed by atoms with Crippen molar-refractivity contribution in [2.24, 2.45) is 0 Å². The van der Waals surface area contributed by atoms with E-state index in [1.54, 1.807) is 38.2 Å². The lowest BCUT2D eigenvalue weighted by molar-refractivity contribution is -0.141. The maximum absolute atomic E-state index is 12.0. The summed E-state index contributed by atoms with van der Waals surface area (Å²) in [7, 11) is 1.58. The summed E-state index contributed by atoms with van der Waals surface area (Å²) in [6.45, 7) is 3.16. The zero-order valence-corrected chi connectivity index (χ0v) is 11.8. The van der Waals surface area contributed by atoms with Gasteiger partial charge in [-0.25, -0.2) is 0 Å². The standard InChI is InChI=1S/C14H18N2O4/c1-4-20-13(18)9-15-14(19)11-7-5-6-8-12(11)16(3)10(2)17/h5-8H,4,9H2,1-3H3,(H,15,19). The smallest absolute Gasteiger partial charge is 0.325 e. The molecule has 0 aliphatic carbocycles. The molecule has 20 heavy (non-hydrogen) atoms. The lowest BCUT2D eigenvalue weighted by Gasteiger charge is -2.18. The van der Waals surface area contributed by atoms with Crippen molar-refractivity contribution in [2.45, 2.75) is 13.8 Å². The van der Waals surface area contributed by atoms with E-state index in [2.05, 4.69) is 5.32 Å². The average molecular weight is 278 g/mol. The molecule has 1 N–H and O–H groups in total. The topological polar surface area (TPSA) is 75.7 Å². The van der Waals surface area contributed by atoms with Gasteiger partial charge in [0.15, 0.2) is 0 Å². The van der Waals surface area contributed by atoms with Crippen LogP contribution in [-0.2, 0) is 14.3 Å². The number of carbonyl (C=O) groups is 3. The van der Waals surface area contributed by atoms with Crippen molar-refractivity contribution >= 4 is 23.5 Å². The number of nitrogens with zero attached hydrogens (tertiary/aromatic N) is 1. The van der Waals surface area contributed by atoms with Crippen LogP contribution in [0, 0.1) is 0 Å². The Bertz CT molecular complexity index is 514. The second kappa shape index (κ2) is 7.28. The van der Waals surface area contributed by atoms with Crippen LogP contribution in [0.2, 0.25) is 0 Å². The third kappa shape index (κ3) is 4.08. The Morgan fingerprint density at radius 2 is 1.90 bits per heavy atom. The summed E-state index contributed by atoms with van der Waals surface area (Å²) in [5.74, 6) is -1.12. The van der Waals surface area contributed by atoms with Crippen molar-refractivity contribution in [2.75, 3.05) is 25.1 Å². The monoisotopic (exact) mass is 278 g/mol. The minimum atomic E-state index is -0.502. The molecule has 1 rings (SSSR count). The predicted octanol–water partition coefficient (Wildman–Crippen LogP) is 0.962. The Kier molecular flexibility index (Phi) is 5.71. The number of ether oxygens (including phenoxy) is 1. The van der Waals surface area contributed by atoms with Crippen LogP contribution >= 0.6 is 0 Å². The Labute approximate surface area is 117 Å². The molecule has 6 heteroatoms. The normalized spacial score (nSPS) is 9.75. The number of esters is 1. The first-order chi connectivity index (χ1) is 9.47. The van der Waals surface area contributed by atoms with E-state index in [1.165, 1.54) is 11.8 Å². The average Bonchev–Trinajstić information content (AvgIpc) is 2.44. The van der Waals surface area contributed by atoms with Gasteiger partial charge in [0.2, 0.25) is 5.91 Å². The van der Waals surface area contributed by atoms with E-state index in [0.717, 1.165) is 0 Å². The highest BCUT2D eigenvalue weighted by molar-refractivity contribution is 6.04. The molecule has 0 unspecified atom stereocenters. The number of para-hydroxylation sites is 1. The first kappa shape index (κ1) is 15.7. The summed E-state index contributed by atoms with van der Waals surface area (Å²) >= 11 is 0. The van der Waals surface area contributed by atoms with Gasteiger partial charge < -0.3 is 15.0 Å². The molecule has 108 valence electrons. The zero-order chi connectivity index (χ0) is 15.1. The zero-order valence-electron chi connectivity index (χ0n) is 11.8. The number of nitrogens with one attached hydrogen (secondary N) is 1. The molecule has 0 saturated heterocycles. The fourth-order valence-corrected chi connectivity index (χ4v) is 1.59. The van der Waals surface area contributed by atoms with Gasteiger partial charge in [-0.2, -0.15) is 0 Å². The van der Waals surface area contributed by atoms with Gasteiger partial charge in [-0.05, 0) is 19.1 Å². The molecule has 6 nitrogen and oxygen atoms in total. The van der Waals surface area contributed by atoms with Crippen LogP contribution in [0.3, 0.4) is 0 Å². The Morgan fingerprint density at radius 3 is 2.50 bits per heavy atom. The molecule has 0 aliphatic heterocycles. The quantitative estimate of drug-likeness (QED) is 0.814. The van der Waals surface area contributed by atoms with Gasteiger partial charge in [0.1, 0.15) is 6.54 Å². The number of rotatable bonds is 5. The molecule has 0 radical (unpaired) electrons. The number of anilines is 1. The molecule has 0 fully saturated rings. The van der Waals surface area contributed by atoms with E-state index in [-0.39, 0.29) is 19.1 Å². The highest BCUT2D eigenvalue weighted by Crippen LogP contribution is 2.19. The van der Waals surface area contributed by atoms with Crippen LogP contribution in [0.1, 0.15) is 24.2 Å². The van der Waals surface area contributed by atoms with Crippen molar-refractivity contribution in [3.63, 3.8) is 0 Å². The second-order valence-electron chi connectivity index (χ2n) is 4.08. The first-order valence-corrected chi connectivity index (χ1v) is 6.24. The highest BCUT2D eigenvalue weighted by atomic mass is 16.5. The Balaban J connectivity index is 2.83. The SMILES string of the molecule is CCOC(=O)CNC(=O)c1ccccc1N(C)C(C)=O. The first-order valence-electron chi connectivity index (χ1n) is 6.24. The largest absolute Gasteiger partial charge is 0.465 e. The Morgan fingerprint density at radius 1 is 1.25 bits per heavy atom. The van der Waals surface area contributed by atoms with Crippen molar-refractivity contribution < 1.29 is 19.1 Å². The van der Waals surface area contributed by atoms with E-state index in [1.807, 2.05) is 0 Å². The fourth-order valence-electron chi connectivity index (χ4n) is 1.59. The summed E-state index contributed by atoms with van der Waals surface area (Å²) in [4.78, 5) is 36.0. The minimum Gasteiger partial charge on any atom is -0.465 e. The van der Waals surface area contributed by atoms with E-state index in [4.69, 9.17) is 4.74 Å². The molecular formula is C14H18N2O4. The van der Waals surface area contributed by atoms with Gasteiger partial charge in [0.05, 0.1) is 17.9 Å². The molecule has 0 spiro atoms. The summed E-state index contributed by atoms with van der Waals surface area (Å²) in [6.07, 6.45) is 0. The molecule has 0 bridgehead atoms. The van der Waals surface area contributed by atoms with E-state index < -0.39 is 11.9 Å². The number of benzene rings is 1. The summed E-state index contributed by atoms with van der Waals surface area (Å²) in [6, 6.07) is 6.68. The third-order valence-corrected chi connectivity index (χ3v) is 2.68. The van der Waals surface area contributed by atoms with Gasteiger partial charge in [-0.3, -0.25) is 14.4 Å². The summed E-state index contributed by atoms with van der Waals surface area (Å²) in [5, 5.41) is 2.47.